The van der Waals surface area contributed by atoms with Gasteiger partial charge in [-0.15, -0.1) is 0 Å². The Bertz CT molecular complexity index is 230. The van der Waals surface area contributed by atoms with E-state index in [1.54, 1.807) is 6.92 Å². The predicted molar refractivity (Wildman–Crippen MR) is 69.6 cm³/mol. The molecule has 3 heteroatoms. The van der Waals surface area contributed by atoms with E-state index in [0.29, 0.717) is 13.0 Å². The summed E-state index contributed by atoms with van der Waals surface area (Å²) in [5.41, 5.74) is 0. The molecule has 100 valence electrons. The minimum Gasteiger partial charge on any atom is -0.393 e. The summed E-state index contributed by atoms with van der Waals surface area (Å²) in [6.45, 7) is 6.89. The van der Waals surface area contributed by atoms with Crippen LogP contribution in [0.25, 0.3) is 0 Å². The first kappa shape index (κ1) is 14.5. The molecule has 0 aliphatic heterocycles. The summed E-state index contributed by atoms with van der Waals surface area (Å²) in [6, 6.07) is 0. The Balaban J connectivity index is 2.21. The van der Waals surface area contributed by atoms with Crippen molar-refractivity contribution in [1.29, 1.82) is 0 Å². The normalized spacial score (nSPS) is 26.9. The summed E-state index contributed by atoms with van der Waals surface area (Å²) in [7, 11) is 0. The molecule has 0 aromatic heterocycles. The molecular weight excluding hydrogens is 214 g/mol. The summed E-state index contributed by atoms with van der Waals surface area (Å²) < 4.78 is 0. The van der Waals surface area contributed by atoms with E-state index in [1.165, 1.54) is 12.8 Å². The smallest absolute Gasteiger partial charge is 0.223 e. The second-order valence-corrected chi connectivity index (χ2v) is 5.78. The summed E-state index contributed by atoms with van der Waals surface area (Å²) in [5.74, 6) is 1.94. The molecule has 1 unspecified atom stereocenters. The molecule has 0 spiro atoms. The zero-order chi connectivity index (χ0) is 12.8. The van der Waals surface area contributed by atoms with Crippen molar-refractivity contribution < 1.29 is 9.90 Å². The molecule has 1 atom stereocenters. The Morgan fingerprint density at radius 2 is 1.82 bits per heavy atom. The van der Waals surface area contributed by atoms with Crippen molar-refractivity contribution in [3.05, 3.63) is 0 Å². The third kappa shape index (κ3) is 5.07. The van der Waals surface area contributed by atoms with Crippen LogP contribution in [0, 0.1) is 17.8 Å². The molecule has 1 rings (SSSR count). The number of aliphatic hydroxyl groups excluding tert-OH is 1. The highest BCUT2D eigenvalue weighted by Gasteiger charge is 2.27. The third-order valence-electron chi connectivity index (χ3n) is 3.95. The highest BCUT2D eigenvalue weighted by molar-refractivity contribution is 5.78. The van der Waals surface area contributed by atoms with Gasteiger partial charge in [-0.25, -0.2) is 0 Å². The van der Waals surface area contributed by atoms with Crippen molar-refractivity contribution in [2.75, 3.05) is 6.54 Å². The van der Waals surface area contributed by atoms with Crippen molar-refractivity contribution in [2.24, 2.45) is 17.8 Å². The van der Waals surface area contributed by atoms with Gasteiger partial charge in [0.05, 0.1) is 6.10 Å². The molecule has 0 bridgehead atoms. The standard InChI is InChI=1S/C14H27NO2/c1-10(2)12-4-6-13(7-5-12)14(17)15-9-8-11(3)16/h10-13,16H,4-9H2,1-3H3,(H,15,17). The van der Waals surface area contributed by atoms with E-state index in [9.17, 15) is 4.79 Å². The maximum absolute atomic E-state index is 11.9. The van der Waals surface area contributed by atoms with Gasteiger partial charge < -0.3 is 10.4 Å². The fourth-order valence-corrected chi connectivity index (χ4v) is 2.60. The molecule has 1 amide bonds. The van der Waals surface area contributed by atoms with Crippen molar-refractivity contribution in [3.63, 3.8) is 0 Å². The largest absolute Gasteiger partial charge is 0.393 e. The lowest BCUT2D eigenvalue weighted by Gasteiger charge is -2.30. The van der Waals surface area contributed by atoms with Gasteiger partial charge in [0.2, 0.25) is 5.91 Å². The van der Waals surface area contributed by atoms with Gasteiger partial charge in [0.1, 0.15) is 0 Å². The van der Waals surface area contributed by atoms with Crippen molar-refractivity contribution in [2.45, 2.75) is 59.0 Å². The van der Waals surface area contributed by atoms with Crippen LogP contribution in [0.3, 0.4) is 0 Å². The maximum Gasteiger partial charge on any atom is 0.223 e. The molecule has 0 aromatic rings. The molecular formula is C14H27NO2. The Morgan fingerprint density at radius 1 is 1.24 bits per heavy atom. The van der Waals surface area contributed by atoms with Crippen LogP contribution in [0.2, 0.25) is 0 Å². The molecule has 1 saturated carbocycles. The number of hydrogen-bond donors (Lipinski definition) is 2. The number of rotatable bonds is 5. The van der Waals surface area contributed by atoms with Gasteiger partial charge in [-0.3, -0.25) is 4.79 Å². The van der Waals surface area contributed by atoms with E-state index in [-0.39, 0.29) is 17.9 Å². The Morgan fingerprint density at radius 3 is 2.29 bits per heavy atom. The lowest BCUT2D eigenvalue weighted by Crippen LogP contribution is -2.35. The monoisotopic (exact) mass is 241 g/mol. The number of amides is 1. The first-order valence-corrected chi connectivity index (χ1v) is 6.96. The van der Waals surface area contributed by atoms with Gasteiger partial charge in [-0.2, -0.15) is 0 Å². The summed E-state index contributed by atoms with van der Waals surface area (Å²) in [6.07, 6.45) is 4.75. The fraction of sp³-hybridized carbons (Fsp3) is 0.929. The highest BCUT2D eigenvalue weighted by atomic mass is 16.3. The first-order valence-electron chi connectivity index (χ1n) is 6.96. The minimum atomic E-state index is -0.327. The van der Waals surface area contributed by atoms with Crippen LogP contribution >= 0.6 is 0 Å². The molecule has 0 radical (unpaired) electrons. The van der Waals surface area contributed by atoms with Gasteiger partial charge in [0.15, 0.2) is 0 Å². The third-order valence-corrected chi connectivity index (χ3v) is 3.95. The van der Waals surface area contributed by atoms with Crippen LogP contribution in [0.1, 0.15) is 52.9 Å². The van der Waals surface area contributed by atoms with E-state index >= 15 is 0 Å². The predicted octanol–water partition coefficient (Wildman–Crippen LogP) is 2.34. The minimum absolute atomic E-state index is 0.188. The number of nitrogens with one attached hydrogen (secondary N) is 1. The highest BCUT2D eigenvalue weighted by Crippen LogP contribution is 2.33. The zero-order valence-corrected chi connectivity index (χ0v) is 11.4. The molecule has 2 N–H and O–H groups in total. The van der Waals surface area contributed by atoms with Crippen molar-refractivity contribution >= 4 is 5.91 Å². The fourth-order valence-electron chi connectivity index (χ4n) is 2.60. The SMILES string of the molecule is CC(O)CCNC(=O)C1CCC(C(C)C)CC1. The lowest BCUT2D eigenvalue weighted by molar-refractivity contribution is -0.126. The molecule has 0 heterocycles. The number of carbonyl (C=O) groups excluding carboxylic acids is 1. The second kappa shape index (κ2) is 7.00. The summed E-state index contributed by atoms with van der Waals surface area (Å²) >= 11 is 0. The molecule has 0 saturated heterocycles. The Labute approximate surface area is 105 Å². The molecule has 17 heavy (non-hydrogen) atoms. The average Bonchev–Trinajstić information content (AvgIpc) is 2.28. The van der Waals surface area contributed by atoms with Gasteiger partial charge in [-0.05, 0) is 50.9 Å². The number of aliphatic hydroxyl groups is 1. The summed E-state index contributed by atoms with van der Waals surface area (Å²) in [4.78, 5) is 11.9. The lowest BCUT2D eigenvalue weighted by atomic mass is 9.77. The van der Waals surface area contributed by atoms with Crippen LogP contribution in [-0.2, 0) is 4.79 Å². The second-order valence-electron chi connectivity index (χ2n) is 5.78. The van der Waals surface area contributed by atoms with Gasteiger partial charge in [0.25, 0.3) is 0 Å². The van der Waals surface area contributed by atoms with E-state index in [4.69, 9.17) is 5.11 Å². The van der Waals surface area contributed by atoms with Gasteiger partial charge >= 0.3 is 0 Å². The molecule has 1 aliphatic carbocycles. The number of hydrogen-bond acceptors (Lipinski definition) is 2. The van der Waals surface area contributed by atoms with Crippen LogP contribution < -0.4 is 5.32 Å². The van der Waals surface area contributed by atoms with Crippen molar-refractivity contribution in [1.82, 2.24) is 5.32 Å². The van der Waals surface area contributed by atoms with E-state index in [2.05, 4.69) is 19.2 Å². The van der Waals surface area contributed by atoms with Crippen LogP contribution in [0.15, 0.2) is 0 Å². The van der Waals surface area contributed by atoms with E-state index < -0.39 is 0 Å². The zero-order valence-electron chi connectivity index (χ0n) is 11.4. The molecule has 0 aromatic carbocycles. The van der Waals surface area contributed by atoms with Gasteiger partial charge in [0, 0.05) is 12.5 Å². The Hall–Kier alpha value is -0.570. The number of carbonyl (C=O) groups is 1. The van der Waals surface area contributed by atoms with E-state index in [0.717, 1.165) is 24.7 Å². The molecule has 1 aliphatic rings. The van der Waals surface area contributed by atoms with Crippen molar-refractivity contribution in [3.8, 4) is 0 Å². The van der Waals surface area contributed by atoms with E-state index in [1.807, 2.05) is 0 Å². The topological polar surface area (TPSA) is 49.3 Å². The van der Waals surface area contributed by atoms with Gasteiger partial charge in [-0.1, -0.05) is 13.8 Å². The average molecular weight is 241 g/mol. The van der Waals surface area contributed by atoms with Crippen LogP contribution in [-0.4, -0.2) is 23.7 Å². The molecule has 1 fully saturated rings. The van der Waals surface area contributed by atoms with Crippen LogP contribution in [0.4, 0.5) is 0 Å². The quantitative estimate of drug-likeness (QED) is 0.776. The first-order chi connectivity index (χ1) is 8.00. The Kier molecular flexibility index (Phi) is 5.96. The summed E-state index contributed by atoms with van der Waals surface area (Å²) in [5, 5.41) is 12.0. The molecule has 3 nitrogen and oxygen atoms in total. The van der Waals surface area contributed by atoms with Crippen LogP contribution in [0.5, 0.6) is 0 Å². The maximum atomic E-state index is 11.9.